The highest BCUT2D eigenvalue weighted by atomic mass is 16.3. The molecule has 0 saturated carbocycles. The Morgan fingerprint density at radius 3 is 1.84 bits per heavy atom. The summed E-state index contributed by atoms with van der Waals surface area (Å²) in [5.74, 6) is 0. The molecule has 0 saturated heterocycles. The Bertz CT molecular complexity index is 2030. The molecule has 0 fully saturated rings. The SMILES string of the molecule is CC1(C)c2ccccc2-c2cc3oc4ccc(-n5c6ccccc6c6ccccc65)cc4c3cc2C1(C)C. The van der Waals surface area contributed by atoms with E-state index in [2.05, 4.69) is 135 Å². The van der Waals surface area contributed by atoms with Gasteiger partial charge in [-0.05, 0) is 75.5 Å². The Kier molecular flexibility index (Phi) is 4.10. The van der Waals surface area contributed by atoms with Gasteiger partial charge in [-0.25, -0.2) is 0 Å². The van der Waals surface area contributed by atoms with Crippen molar-refractivity contribution in [3.05, 3.63) is 114 Å². The first-order valence-electron chi connectivity index (χ1n) is 13.5. The summed E-state index contributed by atoms with van der Waals surface area (Å²) in [6, 6.07) is 37.5. The number of furan rings is 1. The smallest absolute Gasteiger partial charge is 0.136 e. The number of aromatic nitrogens is 1. The Hall–Kier alpha value is -4.30. The van der Waals surface area contributed by atoms with Crippen molar-refractivity contribution in [2.75, 3.05) is 0 Å². The average molecular weight is 492 g/mol. The predicted molar refractivity (Wildman–Crippen MR) is 160 cm³/mol. The van der Waals surface area contributed by atoms with Crippen molar-refractivity contribution < 1.29 is 4.42 Å². The van der Waals surface area contributed by atoms with Gasteiger partial charge >= 0.3 is 0 Å². The molecule has 184 valence electrons. The Morgan fingerprint density at radius 2 is 1.11 bits per heavy atom. The van der Waals surface area contributed by atoms with Crippen LogP contribution in [0.25, 0.3) is 60.6 Å². The van der Waals surface area contributed by atoms with Crippen LogP contribution in [0, 0.1) is 0 Å². The molecule has 0 N–H and O–H groups in total. The van der Waals surface area contributed by atoms with Crippen LogP contribution in [-0.4, -0.2) is 4.57 Å². The summed E-state index contributed by atoms with van der Waals surface area (Å²) in [5.41, 5.74) is 10.8. The Labute approximate surface area is 222 Å². The maximum absolute atomic E-state index is 6.49. The fraction of sp³-hybridized carbons (Fsp3) is 0.167. The molecule has 2 aromatic heterocycles. The summed E-state index contributed by atoms with van der Waals surface area (Å²) in [4.78, 5) is 0. The molecule has 1 aliphatic rings. The molecule has 0 spiro atoms. The van der Waals surface area contributed by atoms with Crippen LogP contribution in [0.5, 0.6) is 0 Å². The average Bonchev–Trinajstić information content (AvgIpc) is 3.46. The van der Waals surface area contributed by atoms with Gasteiger partial charge in [-0.2, -0.15) is 0 Å². The highest BCUT2D eigenvalue weighted by Gasteiger charge is 2.46. The minimum atomic E-state index is -0.0427. The van der Waals surface area contributed by atoms with E-state index in [0.29, 0.717) is 0 Å². The highest BCUT2D eigenvalue weighted by Crippen LogP contribution is 2.55. The van der Waals surface area contributed by atoms with Crippen LogP contribution in [0.4, 0.5) is 0 Å². The second-order valence-electron chi connectivity index (χ2n) is 11.8. The molecule has 0 aliphatic heterocycles. The molecule has 7 aromatic rings. The van der Waals surface area contributed by atoms with Crippen LogP contribution >= 0.6 is 0 Å². The number of nitrogens with zero attached hydrogens (tertiary/aromatic N) is 1. The van der Waals surface area contributed by atoms with Crippen molar-refractivity contribution in [2.45, 2.75) is 38.5 Å². The van der Waals surface area contributed by atoms with Gasteiger partial charge < -0.3 is 8.98 Å². The molecule has 0 amide bonds. The van der Waals surface area contributed by atoms with E-state index in [0.717, 1.165) is 22.2 Å². The van der Waals surface area contributed by atoms with Crippen LogP contribution in [0.1, 0.15) is 38.8 Å². The van der Waals surface area contributed by atoms with Crippen molar-refractivity contribution in [1.82, 2.24) is 4.57 Å². The maximum Gasteiger partial charge on any atom is 0.136 e. The highest BCUT2D eigenvalue weighted by molar-refractivity contribution is 6.11. The first-order valence-corrected chi connectivity index (χ1v) is 13.5. The van der Waals surface area contributed by atoms with Gasteiger partial charge in [0.05, 0.1) is 11.0 Å². The monoisotopic (exact) mass is 491 g/mol. The van der Waals surface area contributed by atoms with Crippen LogP contribution in [-0.2, 0) is 10.8 Å². The quantitative estimate of drug-likeness (QED) is 0.223. The summed E-state index contributed by atoms with van der Waals surface area (Å²) in [6.45, 7) is 9.54. The topological polar surface area (TPSA) is 18.1 Å². The van der Waals surface area contributed by atoms with Crippen LogP contribution in [0.15, 0.2) is 108 Å². The molecule has 1 aliphatic carbocycles. The minimum absolute atomic E-state index is 0.00204. The zero-order valence-corrected chi connectivity index (χ0v) is 22.2. The van der Waals surface area contributed by atoms with Crippen LogP contribution in [0.3, 0.4) is 0 Å². The molecule has 0 atom stereocenters. The van der Waals surface area contributed by atoms with E-state index < -0.39 is 0 Å². The molecule has 2 nitrogen and oxygen atoms in total. The van der Waals surface area contributed by atoms with Gasteiger partial charge in [0.25, 0.3) is 0 Å². The minimum Gasteiger partial charge on any atom is -0.456 e. The molecule has 2 heteroatoms. The van der Waals surface area contributed by atoms with Gasteiger partial charge in [-0.1, -0.05) is 88.4 Å². The van der Waals surface area contributed by atoms with E-state index in [1.807, 2.05) is 0 Å². The third-order valence-electron chi connectivity index (χ3n) is 9.56. The normalized spacial score (nSPS) is 15.8. The zero-order valence-electron chi connectivity index (χ0n) is 22.2. The first kappa shape index (κ1) is 21.8. The summed E-state index contributed by atoms with van der Waals surface area (Å²) in [7, 11) is 0. The lowest BCUT2D eigenvalue weighted by atomic mass is 9.55. The molecule has 5 aromatic carbocycles. The zero-order chi connectivity index (χ0) is 25.8. The van der Waals surface area contributed by atoms with E-state index in [9.17, 15) is 0 Å². The number of hydrogen-bond acceptors (Lipinski definition) is 1. The molecule has 0 radical (unpaired) electrons. The standard InChI is InChI=1S/C36H29NO/c1-35(2)29-14-8-5-11-23(29)26-21-34-28(20-30(26)36(35,3)4)27-19-22(17-18-33(27)38-34)37-31-15-9-6-12-24(31)25-13-7-10-16-32(25)37/h5-21H,1-4H3. The van der Waals surface area contributed by atoms with Gasteiger partial charge in [-0.3, -0.25) is 0 Å². The van der Waals surface area contributed by atoms with E-state index in [1.54, 1.807) is 0 Å². The van der Waals surface area contributed by atoms with Crippen molar-refractivity contribution in [2.24, 2.45) is 0 Å². The van der Waals surface area contributed by atoms with E-state index in [4.69, 9.17) is 4.42 Å². The second kappa shape index (κ2) is 7.17. The number of para-hydroxylation sites is 2. The third-order valence-corrected chi connectivity index (χ3v) is 9.56. The summed E-state index contributed by atoms with van der Waals surface area (Å²) >= 11 is 0. The van der Waals surface area contributed by atoms with Crippen LogP contribution < -0.4 is 0 Å². The molecular formula is C36H29NO. The summed E-state index contributed by atoms with van der Waals surface area (Å²) in [6.07, 6.45) is 0. The molecular weight excluding hydrogens is 462 g/mol. The molecule has 0 bridgehead atoms. The van der Waals surface area contributed by atoms with Gasteiger partial charge in [0, 0.05) is 27.2 Å². The van der Waals surface area contributed by atoms with Crippen molar-refractivity contribution in [3.8, 4) is 16.8 Å². The molecule has 8 rings (SSSR count). The van der Waals surface area contributed by atoms with E-state index in [1.165, 1.54) is 49.4 Å². The van der Waals surface area contributed by atoms with Crippen molar-refractivity contribution >= 4 is 43.7 Å². The fourth-order valence-corrected chi connectivity index (χ4v) is 6.83. The molecule has 2 heterocycles. The predicted octanol–water partition coefficient (Wildman–Crippen LogP) is 9.92. The number of benzene rings is 5. The fourth-order valence-electron chi connectivity index (χ4n) is 6.83. The lowest BCUT2D eigenvalue weighted by molar-refractivity contribution is 0.299. The van der Waals surface area contributed by atoms with Gasteiger partial charge in [0.1, 0.15) is 11.2 Å². The van der Waals surface area contributed by atoms with Crippen molar-refractivity contribution in [3.63, 3.8) is 0 Å². The first-order chi connectivity index (χ1) is 18.4. The lowest BCUT2D eigenvalue weighted by Gasteiger charge is -2.48. The summed E-state index contributed by atoms with van der Waals surface area (Å²) in [5, 5.41) is 4.90. The third kappa shape index (κ3) is 2.62. The van der Waals surface area contributed by atoms with Gasteiger partial charge in [0.2, 0.25) is 0 Å². The van der Waals surface area contributed by atoms with Crippen LogP contribution in [0.2, 0.25) is 0 Å². The molecule has 38 heavy (non-hydrogen) atoms. The second-order valence-corrected chi connectivity index (χ2v) is 11.8. The Balaban J connectivity index is 1.43. The number of rotatable bonds is 1. The van der Waals surface area contributed by atoms with Gasteiger partial charge in [0.15, 0.2) is 0 Å². The largest absolute Gasteiger partial charge is 0.456 e. The maximum atomic E-state index is 6.49. The van der Waals surface area contributed by atoms with E-state index >= 15 is 0 Å². The number of hydrogen-bond donors (Lipinski definition) is 0. The van der Waals surface area contributed by atoms with E-state index in [-0.39, 0.29) is 10.8 Å². The lowest BCUT2D eigenvalue weighted by Crippen LogP contribution is -2.43. The van der Waals surface area contributed by atoms with Crippen molar-refractivity contribution in [1.29, 1.82) is 0 Å². The Morgan fingerprint density at radius 1 is 0.500 bits per heavy atom. The summed E-state index contributed by atoms with van der Waals surface area (Å²) < 4.78 is 8.87. The number of fused-ring (bicyclic) bond motifs is 9. The molecule has 0 unspecified atom stereocenters. The van der Waals surface area contributed by atoms with Gasteiger partial charge in [-0.15, -0.1) is 0 Å².